The van der Waals surface area contributed by atoms with Gasteiger partial charge in [-0.3, -0.25) is 33.6 Å². The topological polar surface area (TPSA) is 349 Å². The summed E-state index contributed by atoms with van der Waals surface area (Å²) in [5.74, 6) is -4.70. The van der Waals surface area contributed by atoms with E-state index in [0.29, 0.717) is 38.6 Å². The first-order valence-electron chi connectivity index (χ1n) is 45.8. The second-order valence-electron chi connectivity index (χ2n) is 33.3. The molecule has 4 atom stereocenters. The average molecular weight is 1780 g/mol. The van der Waals surface area contributed by atoms with Crippen LogP contribution < -0.4 is 45.9 Å². The van der Waals surface area contributed by atoms with Crippen LogP contribution in [0.15, 0.2) is 194 Å². The third-order valence-electron chi connectivity index (χ3n) is 21.2. The number of rotatable bonds is 50. The largest absolute Gasteiger partial charge is 1.00 e. The van der Waals surface area contributed by atoms with Crippen molar-refractivity contribution in [3.63, 3.8) is 0 Å². The van der Waals surface area contributed by atoms with Gasteiger partial charge >= 0.3 is 48.8 Å². The molecule has 8 aromatic carbocycles. The minimum Gasteiger partial charge on any atom is -0.870 e. The Morgan fingerprint density at radius 2 is 0.800 bits per heavy atom. The van der Waals surface area contributed by atoms with Crippen molar-refractivity contribution in [2.45, 2.75) is 281 Å². The van der Waals surface area contributed by atoms with Gasteiger partial charge < -0.3 is 66.9 Å². The molecule has 23 heteroatoms. The van der Waals surface area contributed by atoms with Crippen LogP contribution in [-0.2, 0) is 93.1 Å². The summed E-state index contributed by atoms with van der Waals surface area (Å²) in [5.41, 5.74) is 23.5. The number of carbonyl (C=O) groups excluding carboxylic acids is 7. The van der Waals surface area contributed by atoms with Crippen LogP contribution in [0.5, 0.6) is 0 Å². The number of ether oxygens (including phenoxy) is 3. The van der Waals surface area contributed by atoms with Gasteiger partial charge in [-0.05, 0) is 214 Å². The first-order chi connectivity index (χ1) is 61.1. The zero-order valence-electron chi connectivity index (χ0n) is 79.2. The second-order valence-corrected chi connectivity index (χ2v) is 33.3. The fourth-order valence-electron chi connectivity index (χ4n) is 13.4. The van der Waals surface area contributed by atoms with E-state index in [1.165, 1.54) is 128 Å². The number of methoxy groups -OCH3 is 2. The fraction of sp³-hybridized carbons (Fsp3) is 0.467. The first-order valence-corrected chi connectivity index (χ1v) is 45.8. The van der Waals surface area contributed by atoms with Gasteiger partial charge in [-0.25, -0.2) is 9.59 Å². The summed E-state index contributed by atoms with van der Waals surface area (Å²) < 4.78 is 14.6. The number of carboxylic acid groups (broad SMARTS) is 2. The quantitative estimate of drug-likeness (QED) is 0.00577. The van der Waals surface area contributed by atoms with E-state index in [4.69, 9.17) is 15.6 Å². The number of benzene rings is 8. The molecule has 22 nitrogen and oxygen atoms in total. The van der Waals surface area contributed by atoms with Crippen molar-refractivity contribution in [1.82, 2.24) is 26.2 Å². The number of unbranched alkanes of at least 4 members (excludes halogenated alkanes) is 6. The molecule has 0 heterocycles. The molecule has 706 valence electrons. The molecule has 10 N–H and O–H groups in total. The van der Waals surface area contributed by atoms with Gasteiger partial charge in [0.05, 0.1) is 20.3 Å². The van der Waals surface area contributed by atoms with Crippen molar-refractivity contribution < 1.29 is 97.0 Å². The maximum Gasteiger partial charge on any atom is 1.00 e. The van der Waals surface area contributed by atoms with Crippen LogP contribution in [0.25, 0.3) is 44.5 Å². The van der Waals surface area contributed by atoms with Gasteiger partial charge in [0.2, 0.25) is 11.8 Å². The Bertz CT molecular complexity index is 4450. The van der Waals surface area contributed by atoms with Crippen LogP contribution in [0, 0.1) is 5.92 Å². The maximum atomic E-state index is 13.2. The molecule has 130 heavy (non-hydrogen) atoms. The van der Waals surface area contributed by atoms with Crippen LogP contribution in [0.1, 0.15) is 261 Å². The van der Waals surface area contributed by atoms with Gasteiger partial charge in [0.1, 0.15) is 24.0 Å². The number of nitrogens with zero attached hydrogens (tertiary/aromatic N) is 1. The molecule has 8 rings (SSSR count). The molecule has 0 aliphatic heterocycles. The Labute approximate surface area is 788 Å². The Morgan fingerprint density at radius 3 is 1.12 bits per heavy atom. The number of carboxylic acids is 2. The first kappa shape index (κ1) is 118. The third-order valence-corrected chi connectivity index (χ3v) is 21.2. The number of ketones is 1. The van der Waals surface area contributed by atoms with E-state index in [-0.39, 0.29) is 88.9 Å². The molecule has 0 saturated carbocycles. The van der Waals surface area contributed by atoms with Crippen molar-refractivity contribution >= 4 is 53.9 Å². The molecular formula is C107H151LiN6O16. The summed E-state index contributed by atoms with van der Waals surface area (Å²) in [6.45, 7) is 23.2. The Kier molecular flexibility index (Phi) is 62.1. The third kappa shape index (κ3) is 49.6. The molecule has 3 amide bonds. The van der Waals surface area contributed by atoms with Crippen molar-refractivity contribution in [2.75, 3.05) is 40.4 Å². The van der Waals surface area contributed by atoms with Gasteiger partial charge in [0, 0.05) is 69.8 Å². The number of aliphatic carboxylic acids is 2. The molecule has 0 spiro atoms. The van der Waals surface area contributed by atoms with Gasteiger partial charge in [0.25, 0.3) is 0 Å². The van der Waals surface area contributed by atoms with Crippen LogP contribution in [0.3, 0.4) is 0 Å². The van der Waals surface area contributed by atoms with Gasteiger partial charge in [-0.1, -0.05) is 288 Å². The monoisotopic (exact) mass is 1780 g/mol. The van der Waals surface area contributed by atoms with E-state index in [1.807, 2.05) is 55.5 Å². The smallest absolute Gasteiger partial charge is 0.870 e. The van der Waals surface area contributed by atoms with E-state index in [2.05, 4.69) is 204 Å². The van der Waals surface area contributed by atoms with Crippen molar-refractivity contribution in [1.29, 1.82) is 0 Å². The van der Waals surface area contributed by atoms with Crippen LogP contribution in [-0.4, -0.2) is 144 Å². The van der Waals surface area contributed by atoms with Gasteiger partial charge in [-0.2, -0.15) is 0 Å². The second kappa shape index (κ2) is 68.6. The minimum atomic E-state index is -1.25. The number of aliphatic hydroxyl groups excluding tert-OH is 1. The molecule has 0 radical (unpaired) electrons. The Balaban J connectivity index is 0.000000903. The number of Topliss-reactive ketones (excluding diaryl/α,β-unsaturated/α-hetero) is 1. The minimum absolute atomic E-state index is 0. The van der Waals surface area contributed by atoms with Gasteiger partial charge in [0.15, 0.2) is 5.78 Å². The van der Waals surface area contributed by atoms with Crippen LogP contribution in [0.2, 0.25) is 0 Å². The fourth-order valence-corrected chi connectivity index (χ4v) is 13.4. The summed E-state index contributed by atoms with van der Waals surface area (Å²) >= 11 is 0. The number of hydrogen-bond acceptors (Lipinski definition) is 17. The van der Waals surface area contributed by atoms with Crippen molar-refractivity contribution in [3.8, 4) is 44.5 Å². The van der Waals surface area contributed by atoms with E-state index >= 15 is 0 Å². The summed E-state index contributed by atoms with van der Waals surface area (Å²) in [6, 6.07) is 65.6. The van der Waals surface area contributed by atoms with Gasteiger partial charge in [-0.15, -0.1) is 0 Å². The molecule has 0 fully saturated rings. The molecule has 0 aliphatic carbocycles. The number of aliphatic hydroxyl groups is 1. The maximum absolute atomic E-state index is 13.2. The van der Waals surface area contributed by atoms with Crippen LogP contribution >= 0.6 is 0 Å². The summed E-state index contributed by atoms with van der Waals surface area (Å²) in [4.78, 5) is 107. The van der Waals surface area contributed by atoms with Crippen molar-refractivity contribution in [3.05, 3.63) is 239 Å². The SMILES string of the molecule is C.CCCCC[C@H](NC(=O)[C@H](C)CC(=O)[C@@H](NC(=O)CCCN(Cc1ccc(-c2ccc(CCCC)cc2)cc1)C(=O)OC(C)(C)C)[C@@H](C)O)C(=O)O.CCCCc1ccc(-c2ccc(C=O)cc2)cc1.CCCCc1ccc(-c2ccc(CNCCCC(=O)O)cc2)cc1.CCCCc1ccc(-c2ccc(CNCCCC(=O)OC)cc2)cc1.COC(=O)CCCN.[Li+].[OH-]. The number of amides is 3. The molecule has 0 saturated heterocycles. The van der Waals surface area contributed by atoms with E-state index < -0.39 is 65.3 Å². The van der Waals surface area contributed by atoms with Crippen molar-refractivity contribution in [2.24, 2.45) is 11.7 Å². The van der Waals surface area contributed by atoms with E-state index in [9.17, 15) is 53.4 Å². The Morgan fingerprint density at radius 1 is 0.454 bits per heavy atom. The predicted molar refractivity (Wildman–Crippen MR) is 520 cm³/mol. The zero-order valence-corrected chi connectivity index (χ0v) is 79.2. The summed E-state index contributed by atoms with van der Waals surface area (Å²) in [7, 11) is 2.80. The number of nitrogens with two attached hydrogens (primary N) is 1. The van der Waals surface area contributed by atoms with E-state index in [0.717, 1.165) is 118 Å². The average Bonchev–Trinajstić information content (AvgIpc) is 0.856. The summed E-state index contributed by atoms with van der Waals surface area (Å²) in [6.07, 6.45) is 19.3. The molecule has 8 aromatic rings. The number of carbonyl (C=O) groups is 9. The van der Waals surface area contributed by atoms with Crippen LogP contribution in [0.4, 0.5) is 4.79 Å². The Hall–Kier alpha value is -10.4. The molecular weight excluding hydrogens is 1630 g/mol. The molecule has 0 aromatic heterocycles. The van der Waals surface area contributed by atoms with E-state index in [1.54, 1.807) is 25.7 Å². The number of nitrogens with one attached hydrogen (secondary N) is 4. The number of aryl methyl sites for hydroxylation is 4. The molecule has 0 unspecified atom stereocenters. The molecule has 0 aliphatic rings. The number of esters is 2. The summed E-state index contributed by atoms with van der Waals surface area (Å²) in [5, 5.41) is 40.1. The predicted octanol–water partition coefficient (Wildman–Crippen LogP) is 18.1. The standard InChI is InChI=1S/C41H61N3O8.C22H29NO2.C21H27NO2.C17H18O.C5H11NO2.CH4.Li.H2O/c1-8-10-12-15-34(39(49)50)42-38(48)28(3)26-35(46)37(29(4)45)43-36(47)16-13-25-44(40(51)52-41(5,6)7)27-31-19-23-33(24-20-31)32-21-17-30(18-22-32)14-11-9-2;1-3-4-6-18-8-12-20(13-9-18)21-14-10-19(11-15-21)17-23-16-5-7-22(24)25-2;1-2-3-5-17-7-11-19(12-8-17)20-13-9-18(10-14-20)16-22-15-4-6-21(23)24;1-2-3-4-14-5-9-16(10-6-14)17-11-7-15(13-18)8-12-17;1-8-5(7)3-2-4-6;;;/h17-24,28-29,34,37,45H,8-16,25-27H2,1-7H3,(H,42,48)(H,43,47)(H,49,50);8-15,23H,3-7,16-17H2,1-2H3;7-14,22H,2-6,15-16H2,1H3,(H,23,24);5-13H,2-4H2,1H3;2-4,6H2,1H3;1H4;;1H2/q;;;;;;+1;/p-1/t28-,29-,34+,37+;;;;;;;/m1......./s1. The number of hydrogen-bond donors (Lipinski definition) is 8. The normalized spacial score (nSPS) is 11.5. The zero-order chi connectivity index (χ0) is 93.2. The molecule has 0 bridgehead atoms. The number of aldehydes is 1.